The third kappa shape index (κ3) is 3.95. The van der Waals surface area contributed by atoms with Gasteiger partial charge in [0.1, 0.15) is 10.6 Å². The van der Waals surface area contributed by atoms with E-state index < -0.39 is 9.05 Å². The lowest BCUT2D eigenvalue weighted by Gasteiger charge is -2.19. The van der Waals surface area contributed by atoms with Crippen LogP contribution in [0.2, 0.25) is 0 Å². The van der Waals surface area contributed by atoms with Crippen LogP contribution < -0.4 is 4.74 Å². The van der Waals surface area contributed by atoms with Crippen LogP contribution in [0.1, 0.15) is 26.3 Å². The highest BCUT2D eigenvalue weighted by atomic mass is 35.7. The topological polar surface area (TPSA) is 56.3 Å². The lowest BCUT2D eigenvalue weighted by Crippen LogP contribution is -2.10. The summed E-state index contributed by atoms with van der Waals surface area (Å²) >= 11 is 0. The molecule has 1 aromatic heterocycles. The Hall–Kier alpha value is -1.59. The van der Waals surface area contributed by atoms with E-state index in [-0.39, 0.29) is 16.2 Å². The van der Waals surface area contributed by atoms with E-state index in [1.165, 1.54) is 18.3 Å². The van der Waals surface area contributed by atoms with E-state index in [0.29, 0.717) is 5.75 Å². The van der Waals surface area contributed by atoms with Crippen molar-refractivity contribution in [1.82, 2.24) is 4.98 Å². The van der Waals surface area contributed by atoms with Gasteiger partial charge in [-0.05, 0) is 35.2 Å². The Kier molecular flexibility index (Phi) is 4.25. The molecule has 2 rings (SSSR count). The average Bonchev–Trinajstić information content (AvgIpc) is 2.37. The maximum absolute atomic E-state index is 11.5. The van der Waals surface area contributed by atoms with Gasteiger partial charge in [0.05, 0.1) is 0 Å². The molecule has 0 atom stereocenters. The van der Waals surface area contributed by atoms with Gasteiger partial charge in [-0.1, -0.05) is 32.9 Å². The maximum Gasteiger partial charge on any atom is 0.266 e. The number of hydrogen-bond acceptors (Lipinski definition) is 4. The van der Waals surface area contributed by atoms with Crippen LogP contribution in [-0.4, -0.2) is 13.4 Å². The third-order valence-electron chi connectivity index (χ3n) is 2.93. The zero-order chi connectivity index (χ0) is 15.7. The van der Waals surface area contributed by atoms with Crippen molar-refractivity contribution in [2.45, 2.75) is 31.1 Å². The fraction of sp³-hybridized carbons (Fsp3) is 0.267. The summed E-state index contributed by atoms with van der Waals surface area (Å²) in [6, 6.07) is 10.3. The molecule has 0 saturated carbocycles. The minimum Gasteiger partial charge on any atom is -0.438 e. The van der Waals surface area contributed by atoms with Crippen molar-refractivity contribution in [3.8, 4) is 11.6 Å². The molecule has 2 aromatic rings. The molecular formula is C15H16ClNO3S. The summed E-state index contributed by atoms with van der Waals surface area (Å²) in [4.78, 5) is 3.78. The van der Waals surface area contributed by atoms with Gasteiger partial charge in [-0.2, -0.15) is 0 Å². The van der Waals surface area contributed by atoms with Crippen LogP contribution in [-0.2, 0) is 14.5 Å². The van der Waals surface area contributed by atoms with E-state index in [0.717, 1.165) is 5.56 Å². The molecule has 1 heterocycles. The van der Waals surface area contributed by atoms with E-state index >= 15 is 0 Å². The van der Waals surface area contributed by atoms with Crippen LogP contribution in [0.15, 0.2) is 47.5 Å². The van der Waals surface area contributed by atoms with Gasteiger partial charge in [0.15, 0.2) is 0 Å². The van der Waals surface area contributed by atoms with Crippen LogP contribution in [0.4, 0.5) is 0 Å². The molecule has 0 amide bonds. The smallest absolute Gasteiger partial charge is 0.266 e. The maximum atomic E-state index is 11.5. The van der Waals surface area contributed by atoms with Gasteiger partial charge in [0.2, 0.25) is 5.88 Å². The first-order valence-electron chi connectivity index (χ1n) is 6.36. The molecule has 0 aliphatic rings. The summed E-state index contributed by atoms with van der Waals surface area (Å²) < 4.78 is 28.5. The second kappa shape index (κ2) is 5.66. The zero-order valence-electron chi connectivity index (χ0n) is 12.0. The number of ether oxygens (including phenoxy) is 1. The van der Waals surface area contributed by atoms with Crippen molar-refractivity contribution in [2.75, 3.05) is 0 Å². The molecule has 4 nitrogen and oxygen atoms in total. The van der Waals surface area contributed by atoms with Gasteiger partial charge in [-0.15, -0.1) is 0 Å². The van der Waals surface area contributed by atoms with E-state index in [1.807, 2.05) is 12.1 Å². The molecule has 0 radical (unpaired) electrons. The number of pyridine rings is 1. The van der Waals surface area contributed by atoms with E-state index in [2.05, 4.69) is 25.8 Å². The summed E-state index contributed by atoms with van der Waals surface area (Å²) in [7, 11) is 1.47. The van der Waals surface area contributed by atoms with Crippen molar-refractivity contribution >= 4 is 19.7 Å². The molecule has 21 heavy (non-hydrogen) atoms. The lowest BCUT2D eigenvalue weighted by molar-refractivity contribution is 0.447. The molecule has 112 valence electrons. The molecule has 0 fully saturated rings. The second-order valence-electron chi connectivity index (χ2n) is 5.62. The van der Waals surface area contributed by atoms with E-state index in [9.17, 15) is 8.42 Å². The Morgan fingerprint density at radius 3 is 2.24 bits per heavy atom. The van der Waals surface area contributed by atoms with Gasteiger partial charge < -0.3 is 4.74 Å². The summed E-state index contributed by atoms with van der Waals surface area (Å²) in [6.45, 7) is 6.33. The predicted molar refractivity (Wildman–Crippen MR) is 82.5 cm³/mol. The Labute approximate surface area is 129 Å². The van der Waals surface area contributed by atoms with Crippen LogP contribution >= 0.6 is 10.7 Å². The molecule has 0 spiro atoms. The number of halogens is 1. The minimum atomic E-state index is -3.90. The second-order valence-corrected chi connectivity index (χ2v) is 8.16. The Morgan fingerprint density at radius 2 is 1.71 bits per heavy atom. The molecular weight excluding hydrogens is 310 g/mol. The molecule has 0 aliphatic heterocycles. The standard InChI is InChI=1S/C15H16ClNO3S/c1-15(2,3)11-6-8-12(9-7-11)20-14-13(21(16,18)19)5-4-10-17-14/h4-10H,1-3H3. The Balaban J connectivity index is 2.32. The fourth-order valence-electron chi connectivity index (χ4n) is 1.77. The van der Waals surface area contributed by atoms with Crippen molar-refractivity contribution < 1.29 is 13.2 Å². The number of nitrogens with zero attached hydrogens (tertiary/aromatic N) is 1. The van der Waals surface area contributed by atoms with Crippen LogP contribution in [0.3, 0.4) is 0 Å². The van der Waals surface area contributed by atoms with Crippen molar-refractivity contribution in [3.63, 3.8) is 0 Å². The fourth-order valence-corrected chi connectivity index (χ4v) is 2.67. The molecule has 1 aromatic carbocycles. The molecule has 0 unspecified atom stereocenters. The first-order valence-corrected chi connectivity index (χ1v) is 8.67. The van der Waals surface area contributed by atoms with Gasteiger partial charge in [0, 0.05) is 16.9 Å². The van der Waals surface area contributed by atoms with E-state index in [1.54, 1.807) is 12.1 Å². The van der Waals surface area contributed by atoms with Crippen molar-refractivity contribution in [2.24, 2.45) is 0 Å². The Bertz CT molecular complexity index is 734. The highest BCUT2D eigenvalue weighted by Crippen LogP contribution is 2.30. The summed E-state index contributed by atoms with van der Waals surface area (Å²) in [5.74, 6) is 0.472. The summed E-state index contributed by atoms with van der Waals surface area (Å²) in [6.07, 6.45) is 1.45. The lowest BCUT2D eigenvalue weighted by atomic mass is 9.87. The van der Waals surface area contributed by atoms with Gasteiger partial charge in [0.25, 0.3) is 9.05 Å². The van der Waals surface area contributed by atoms with Gasteiger partial charge in [-0.3, -0.25) is 0 Å². The molecule has 0 aliphatic carbocycles. The molecule has 0 bridgehead atoms. The SMILES string of the molecule is CC(C)(C)c1ccc(Oc2ncccc2S(=O)(=O)Cl)cc1. The highest BCUT2D eigenvalue weighted by molar-refractivity contribution is 8.13. The first kappa shape index (κ1) is 15.8. The summed E-state index contributed by atoms with van der Waals surface area (Å²) in [5.41, 5.74) is 1.19. The predicted octanol–water partition coefficient (Wildman–Crippen LogP) is 4.10. The summed E-state index contributed by atoms with van der Waals surface area (Å²) in [5, 5.41) is 0. The largest absolute Gasteiger partial charge is 0.438 e. The minimum absolute atomic E-state index is 0.0315. The quantitative estimate of drug-likeness (QED) is 0.797. The molecule has 0 saturated heterocycles. The number of hydrogen-bond donors (Lipinski definition) is 0. The average molecular weight is 326 g/mol. The van der Waals surface area contributed by atoms with Gasteiger partial charge in [-0.25, -0.2) is 13.4 Å². The number of benzene rings is 1. The number of aromatic nitrogens is 1. The molecule has 6 heteroatoms. The monoisotopic (exact) mass is 325 g/mol. The zero-order valence-corrected chi connectivity index (χ0v) is 13.6. The highest BCUT2D eigenvalue weighted by Gasteiger charge is 2.18. The van der Waals surface area contributed by atoms with E-state index in [4.69, 9.17) is 15.4 Å². The van der Waals surface area contributed by atoms with Crippen molar-refractivity contribution in [1.29, 1.82) is 0 Å². The Morgan fingerprint density at radius 1 is 1.10 bits per heavy atom. The van der Waals surface area contributed by atoms with Crippen LogP contribution in [0.25, 0.3) is 0 Å². The van der Waals surface area contributed by atoms with Gasteiger partial charge >= 0.3 is 0 Å². The normalized spacial score (nSPS) is 12.2. The van der Waals surface area contributed by atoms with Crippen LogP contribution in [0.5, 0.6) is 11.6 Å². The molecule has 0 N–H and O–H groups in total. The third-order valence-corrected chi connectivity index (χ3v) is 4.27. The van der Waals surface area contributed by atoms with Crippen LogP contribution in [0, 0.1) is 0 Å². The number of rotatable bonds is 3. The van der Waals surface area contributed by atoms with Crippen molar-refractivity contribution in [3.05, 3.63) is 48.2 Å². The first-order chi connectivity index (χ1) is 9.68.